The molecule has 5 heteroatoms. The van der Waals surface area contributed by atoms with Gasteiger partial charge in [-0.25, -0.2) is 0 Å². The number of nitrogens with one attached hydrogen (secondary N) is 1. The Morgan fingerprint density at radius 2 is 0.577 bits per heavy atom. The Morgan fingerprint density at radius 1 is 0.338 bits per heavy atom. The molecule has 0 radical (unpaired) electrons. The van der Waals surface area contributed by atoms with Gasteiger partial charge in [0.15, 0.2) is 0 Å². The Balaban J connectivity index is 3.53. The summed E-state index contributed by atoms with van der Waals surface area (Å²) in [7, 11) is 0. The second kappa shape index (κ2) is 61.1. The second-order valence-electron chi connectivity index (χ2n) is 22.3. The van der Waals surface area contributed by atoms with Crippen molar-refractivity contribution in [1.82, 2.24) is 5.32 Å². The molecular weight excluding hydrogens is 871 g/mol. The summed E-state index contributed by atoms with van der Waals surface area (Å²) < 4.78 is 0. The van der Waals surface area contributed by atoms with Gasteiger partial charge in [0, 0.05) is 0 Å². The zero-order valence-corrected chi connectivity index (χ0v) is 48.1. The van der Waals surface area contributed by atoms with Gasteiger partial charge in [0.25, 0.3) is 0 Å². The summed E-state index contributed by atoms with van der Waals surface area (Å²) in [6.45, 7) is 4.21. The van der Waals surface area contributed by atoms with Gasteiger partial charge < -0.3 is 20.6 Å². The molecule has 0 aliphatic heterocycles. The predicted molar refractivity (Wildman–Crippen MR) is 314 cm³/mol. The summed E-state index contributed by atoms with van der Waals surface area (Å²) in [6.07, 6.45) is 81.3. The van der Waals surface area contributed by atoms with Crippen LogP contribution in [0, 0.1) is 0 Å². The highest BCUT2D eigenvalue weighted by atomic mass is 16.3. The van der Waals surface area contributed by atoms with Crippen molar-refractivity contribution < 1.29 is 20.1 Å². The fraction of sp³-hybridized carbons (Fsp3) is 0.894. The van der Waals surface area contributed by atoms with Crippen LogP contribution in [0.15, 0.2) is 36.5 Å². The number of hydrogen-bond donors (Lipinski definition) is 4. The predicted octanol–water partition coefficient (Wildman–Crippen LogP) is 20.6. The van der Waals surface area contributed by atoms with Gasteiger partial charge in [-0.2, -0.15) is 0 Å². The van der Waals surface area contributed by atoms with Gasteiger partial charge in [0.05, 0.1) is 18.8 Å². The summed E-state index contributed by atoms with van der Waals surface area (Å²) in [6, 6.07) is -0.821. The average molecular weight is 999 g/mol. The maximum Gasteiger partial charge on any atom is 0.249 e. The molecule has 4 N–H and O–H groups in total. The zero-order valence-electron chi connectivity index (χ0n) is 48.1. The molecule has 420 valence electrons. The van der Waals surface area contributed by atoms with Crippen LogP contribution >= 0.6 is 0 Å². The number of aliphatic hydroxyl groups excluding tert-OH is 3. The molecule has 0 fully saturated rings. The highest BCUT2D eigenvalue weighted by Crippen LogP contribution is 2.19. The van der Waals surface area contributed by atoms with Gasteiger partial charge in [0.1, 0.15) is 6.10 Å². The van der Waals surface area contributed by atoms with E-state index in [2.05, 4.69) is 43.5 Å². The molecular formula is C66H127NO4. The number of carbonyl (C=O) groups is 1. The zero-order chi connectivity index (χ0) is 51.4. The molecule has 0 aliphatic rings. The molecule has 0 aromatic heterocycles. The first-order valence-electron chi connectivity index (χ1n) is 32.3. The molecule has 5 nitrogen and oxygen atoms in total. The fourth-order valence-corrected chi connectivity index (χ4v) is 10.2. The third-order valence-electron chi connectivity index (χ3n) is 15.2. The van der Waals surface area contributed by atoms with E-state index in [1.54, 1.807) is 6.08 Å². The molecule has 0 heterocycles. The molecule has 1 amide bonds. The minimum absolute atomic E-state index is 0.379. The van der Waals surface area contributed by atoms with E-state index in [9.17, 15) is 20.1 Å². The number of hydrogen-bond acceptors (Lipinski definition) is 4. The molecule has 0 spiro atoms. The van der Waals surface area contributed by atoms with Gasteiger partial charge in [-0.15, -0.1) is 0 Å². The average Bonchev–Trinajstić information content (AvgIpc) is 3.38. The lowest BCUT2D eigenvalue weighted by Crippen LogP contribution is -2.48. The molecule has 0 rings (SSSR count). The Kier molecular flexibility index (Phi) is 59.9. The highest BCUT2D eigenvalue weighted by Gasteiger charge is 2.22. The van der Waals surface area contributed by atoms with Crippen LogP contribution in [0.25, 0.3) is 0 Å². The van der Waals surface area contributed by atoms with E-state index >= 15 is 0 Å². The Hall–Kier alpha value is -1.43. The Morgan fingerprint density at radius 3 is 0.859 bits per heavy atom. The number of rotatable bonds is 60. The van der Waals surface area contributed by atoms with Crippen LogP contribution < -0.4 is 5.32 Å². The molecule has 0 bridgehead atoms. The maximum atomic E-state index is 12.6. The van der Waals surface area contributed by atoms with Crippen molar-refractivity contribution in [3.63, 3.8) is 0 Å². The summed E-state index contributed by atoms with van der Waals surface area (Å²) in [5.41, 5.74) is 0. The normalized spacial score (nSPS) is 13.4. The van der Waals surface area contributed by atoms with Gasteiger partial charge in [0.2, 0.25) is 5.91 Å². The second-order valence-corrected chi connectivity index (χ2v) is 22.3. The minimum atomic E-state index is -1.11. The van der Waals surface area contributed by atoms with Crippen molar-refractivity contribution >= 4 is 5.91 Å². The summed E-state index contributed by atoms with van der Waals surface area (Å²) in [5.74, 6) is -0.510. The lowest BCUT2D eigenvalue weighted by molar-refractivity contribution is -0.131. The van der Waals surface area contributed by atoms with E-state index in [1.165, 1.54) is 289 Å². The molecule has 0 aromatic carbocycles. The van der Waals surface area contributed by atoms with Crippen LogP contribution in [0.1, 0.15) is 354 Å². The van der Waals surface area contributed by atoms with Crippen molar-refractivity contribution in [3.8, 4) is 0 Å². The summed E-state index contributed by atoms with van der Waals surface area (Å²) >= 11 is 0. The molecule has 3 atom stereocenters. The van der Waals surface area contributed by atoms with Crippen molar-refractivity contribution in [2.45, 2.75) is 372 Å². The van der Waals surface area contributed by atoms with Crippen molar-refractivity contribution in [3.05, 3.63) is 36.5 Å². The van der Waals surface area contributed by atoms with E-state index in [0.717, 1.165) is 44.9 Å². The Labute approximate surface area is 444 Å². The van der Waals surface area contributed by atoms with Gasteiger partial charge in [-0.3, -0.25) is 4.79 Å². The lowest BCUT2D eigenvalue weighted by atomic mass is 10.0. The third kappa shape index (κ3) is 56.1. The first-order chi connectivity index (χ1) is 35.1. The first kappa shape index (κ1) is 69.6. The highest BCUT2D eigenvalue weighted by molar-refractivity contribution is 5.80. The first-order valence-corrected chi connectivity index (χ1v) is 32.3. The number of allylic oxidation sites excluding steroid dienone is 5. The lowest BCUT2D eigenvalue weighted by Gasteiger charge is -2.21. The summed E-state index contributed by atoms with van der Waals surface area (Å²) in [4.78, 5) is 12.6. The SMILES string of the molecule is CCCCCCCCCCCCCCC/C=C/CC/C=C/CC/C=C/C(O)C(CO)NC(=O)C(O)CCCCCCCCCCCCCCCCCCCCCCCCCCCCCCCCCCCC. The van der Waals surface area contributed by atoms with Crippen LogP contribution in [0.3, 0.4) is 0 Å². The van der Waals surface area contributed by atoms with Gasteiger partial charge >= 0.3 is 0 Å². The number of unbranched alkanes of at least 4 members (excludes halogenated alkanes) is 48. The quantitative estimate of drug-likeness (QED) is 0.0361. The van der Waals surface area contributed by atoms with Crippen LogP contribution in [-0.2, 0) is 4.79 Å². The van der Waals surface area contributed by atoms with E-state index in [0.29, 0.717) is 6.42 Å². The number of carbonyl (C=O) groups excluding carboxylic acids is 1. The maximum absolute atomic E-state index is 12.6. The van der Waals surface area contributed by atoms with Crippen LogP contribution in [0.4, 0.5) is 0 Å². The van der Waals surface area contributed by atoms with Gasteiger partial charge in [-0.05, 0) is 44.9 Å². The third-order valence-corrected chi connectivity index (χ3v) is 15.2. The molecule has 0 aliphatic carbocycles. The summed E-state index contributed by atoms with van der Waals surface area (Å²) in [5, 5.41) is 33.4. The molecule has 3 unspecified atom stereocenters. The monoisotopic (exact) mass is 998 g/mol. The molecule has 0 saturated carbocycles. The number of amides is 1. The van der Waals surface area contributed by atoms with E-state index in [4.69, 9.17) is 0 Å². The van der Waals surface area contributed by atoms with Crippen molar-refractivity contribution in [2.75, 3.05) is 6.61 Å². The smallest absolute Gasteiger partial charge is 0.249 e. The van der Waals surface area contributed by atoms with E-state index in [1.807, 2.05) is 6.08 Å². The Bertz CT molecular complexity index is 1100. The molecule has 0 aromatic rings. The molecule has 71 heavy (non-hydrogen) atoms. The van der Waals surface area contributed by atoms with Gasteiger partial charge in [-0.1, -0.05) is 346 Å². The van der Waals surface area contributed by atoms with Crippen molar-refractivity contribution in [1.29, 1.82) is 0 Å². The fourth-order valence-electron chi connectivity index (χ4n) is 10.2. The van der Waals surface area contributed by atoms with E-state index < -0.39 is 24.2 Å². The van der Waals surface area contributed by atoms with E-state index in [-0.39, 0.29) is 6.61 Å². The number of aliphatic hydroxyl groups is 3. The van der Waals surface area contributed by atoms with Crippen molar-refractivity contribution in [2.24, 2.45) is 0 Å². The topological polar surface area (TPSA) is 89.8 Å². The van der Waals surface area contributed by atoms with Crippen LogP contribution in [0.5, 0.6) is 0 Å². The molecule has 0 saturated heterocycles. The standard InChI is InChI=1S/C66H127NO4/c1-3-5-7-9-11-13-15-17-19-21-23-25-27-28-29-30-31-32-33-34-35-36-37-39-41-43-45-47-49-51-53-55-57-59-61-65(70)66(71)67-63(62-68)64(69)60-58-56-54-52-50-48-46-44-42-40-38-26-24-22-20-18-16-14-12-10-8-6-4-2/h42,44,50,52,58,60,63-65,68-70H,3-41,43,45-49,51,53-57,59,61-62H2,1-2H3,(H,67,71)/b44-42+,52-50+,60-58+. The van der Waals surface area contributed by atoms with Crippen LogP contribution in [0.2, 0.25) is 0 Å². The minimum Gasteiger partial charge on any atom is -0.394 e. The largest absolute Gasteiger partial charge is 0.394 e. The van der Waals surface area contributed by atoms with Crippen LogP contribution in [-0.4, -0.2) is 46.1 Å².